The lowest BCUT2D eigenvalue weighted by Crippen LogP contribution is -2.44. The fourth-order valence-electron chi connectivity index (χ4n) is 2.10. The van der Waals surface area contributed by atoms with E-state index in [9.17, 15) is 5.11 Å². The lowest BCUT2D eigenvalue weighted by molar-refractivity contribution is 0.0145. The molecule has 1 unspecified atom stereocenters. The zero-order valence-electron chi connectivity index (χ0n) is 10.8. The summed E-state index contributed by atoms with van der Waals surface area (Å²) in [7, 11) is 0. The van der Waals surface area contributed by atoms with Crippen molar-refractivity contribution < 1.29 is 9.84 Å². The van der Waals surface area contributed by atoms with E-state index < -0.39 is 0 Å². The molecule has 2 atom stereocenters. The first-order valence-corrected chi connectivity index (χ1v) is 7.38. The summed E-state index contributed by atoms with van der Waals surface area (Å²) in [6, 6.07) is 4.49. The van der Waals surface area contributed by atoms with Gasteiger partial charge in [-0.15, -0.1) is 11.3 Å². The Kier molecular flexibility index (Phi) is 5.59. The van der Waals surface area contributed by atoms with Crippen LogP contribution in [-0.2, 0) is 4.74 Å². The second-order valence-corrected chi connectivity index (χ2v) is 5.69. The number of thiophene rings is 1. The minimum atomic E-state index is -0.314. The van der Waals surface area contributed by atoms with Crippen LogP contribution in [0.1, 0.15) is 17.8 Å². The second kappa shape index (κ2) is 7.21. The van der Waals surface area contributed by atoms with Crippen LogP contribution >= 0.6 is 11.3 Å². The van der Waals surface area contributed by atoms with Gasteiger partial charge in [0.2, 0.25) is 0 Å². The minimum absolute atomic E-state index is 0.310. The smallest absolute Gasteiger partial charge is 0.0791 e. The molecule has 0 aliphatic carbocycles. The lowest BCUT2D eigenvalue weighted by atomic mass is 10.2. The normalized spacial score (nSPS) is 20.8. The van der Waals surface area contributed by atoms with Gasteiger partial charge < -0.3 is 15.2 Å². The maximum Gasteiger partial charge on any atom is 0.0791 e. The average molecular weight is 270 g/mol. The summed E-state index contributed by atoms with van der Waals surface area (Å²) < 4.78 is 5.29. The van der Waals surface area contributed by atoms with Crippen LogP contribution in [0.3, 0.4) is 0 Å². The molecule has 1 aliphatic heterocycles. The Hall–Kier alpha value is -0.460. The van der Waals surface area contributed by atoms with Crippen molar-refractivity contribution in [3.05, 3.63) is 22.4 Å². The molecule has 0 aromatic carbocycles. The van der Waals surface area contributed by atoms with Gasteiger partial charge in [0.25, 0.3) is 0 Å². The Labute approximate surface area is 113 Å². The summed E-state index contributed by atoms with van der Waals surface area (Å²) in [5.74, 6) is 0. The van der Waals surface area contributed by atoms with Gasteiger partial charge in [-0.05, 0) is 18.4 Å². The third-order valence-electron chi connectivity index (χ3n) is 3.20. The minimum Gasteiger partial charge on any atom is -0.390 e. The van der Waals surface area contributed by atoms with E-state index >= 15 is 0 Å². The lowest BCUT2D eigenvalue weighted by Gasteiger charge is -2.29. The summed E-state index contributed by atoms with van der Waals surface area (Å²) >= 11 is 1.75. The van der Waals surface area contributed by atoms with E-state index in [1.54, 1.807) is 11.3 Å². The predicted octanol–water partition coefficient (Wildman–Crippen LogP) is 1.09. The number of hydrogen-bond donors (Lipinski definition) is 2. The van der Waals surface area contributed by atoms with Crippen LogP contribution in [0.5, 0.6) is 0 Å². The van der Waals surface area contributed by atoms with Crippen LogP contribution in [0.4, 0.5) is 0 Å². The van der Waals surface area contributed by atoms with Gasteiger partial charge in [0.05, 0.1) is 19.3 Å². The van der Waals surface area contributed by atoms with E-state index in [0.717, 1.165) is 32.8 Å². The number of aliphatic hydroxyl groups is 1. The predicted molar refractivity (Wildman–Crippen MR) is 74.0 cm³/mol. The Morgan fingerprint density at radius 3 is 2.94 bits per heavy atom. The van der Waals surface area contributed by atoms with Gasteiger partial charge >= 0.3 is 0 Å². The fraction of sp³-hybridized carbons (Fsp3) is 0.692. The van der Waals surface area contributed by atoms with Gasteiger partial charge in [-0.2, -0.15) is 0 Å². The van der Waals surface area contributed by atoms with E-state index in [4.69, 9.17) is 4.74 Å². The van der Waals surface area contributed by atoms with Crippen LogP contribution in [0, 0.1) is 0 Å². The van der Waals surface area contributed by atoms with E-state index in [1.165, 1.54) is 4.88 Å². The number of rotatable bonds is 6. The highest BCUT2D eigenvalue weighted by atomic mass is 32.1. The maximum absolute atomic E-state index is 10.0. The summed E-state index contributed by atoms with van der Waals surface area (Å²) in [6.45, 7) is 6.92. The summed E-state index contributed by atoms with van der Waals surface area (Å²) in [6.07, 6.45) is -0.314. The Morgan fingerprint density at radius 2 is 2.28 bits per heavy atom. The molecule has 18 heavy (non-hydrogen) atoms. The summed E-state index contributed by atoms with van der Waals surface area (Å²) in [4.78, 5) is 3.57. The van der Waals surface area contributed by atoms with Gasteiger partial charge in [0.15, 0.2) is 0 Å². The van der Waals surface area contributed by atoms with Crippen molar-refractivity contribution in [2.45, 2.75) is 19.1 Å². The van der Waals surface area contributed by atoms with Crippen molar-refractivity contribution in [3.8, 4) is 0 Å². The molecule has 1 saturated heterocycles. The third-order valence-corrected chi connectivity index (χ3v) is 4.26. The Balaban J connectivity index is 1.66. The van der Waals surface area contributed by atoms with E-state index in [0.29, 0.717) is 12.6 Å². The first-order valence-electron chi connectivity index (χ1n) is 6.50. The number of hydrogen-bond acceptors (Lipinski definition) is 5. The Morgan fingerprint density at radius 1 is 1.50 bits per heavy atom. The molecule has 5 heteroatoms. The van der Waals surface area contributed by atoms with E-state index in [1.807, 2.05) is 0 Å². The molecule has 0 saturated carbocycles. The molecular formula is C13H22N2O2S. The van der Waals surface area contributed by atoms with Gasteiger partial charge in [0.1, 0.15) is 0 Å². The number of β-amino-alcohol motifs (C(OH)–C–C–N with tert-alkyl or cyclic N) is 1. The summed E-state index contributed by atoms with van der Waals surface area (Å²) in [5.41, 5.74) is 0. The Bertz CT molecular complexity index is 326. The van der Waals surface area contributed by atoms with Crippen molar-refractivity contribution in [2.75, 3.05) is 39.4 Å². The van der Waals surface area contributed by atoms with Crippen LogP contribution < -0.4 is 5.32 Å². The molecule has 1 aromatic heterocycles. The highest BCUT2D eigenvalue weighted by molar-refractivity contribution is 7.10. The standard InChI is InChI=1S/C13H22N2O2S/c1-11(13-3-2-8-18-13)14-9-12(16)10-15-4-6-17-7-5-15/h2-3,8,11-12,14,16H,4-7,9-10H2,1H3/t11-,12?/m0/s1. The zero-order chi connectivity index (χ0) is 12.8. The van der Waals surface area contributed by atoms with Crippen molar-refractivity contribution >= 4 is 11.3 Å². The van der Waals surface area contributed by atoms with Crippen LogP contribution in [0.25, 0.3) is 0 Å². The number of morpholine rings is 1. The van der Waals surface area contributed by atoms with Crippen molar-refractivity contribution in [2.24, 2.45) is 0 Å². The molecule has 2 N–H and O–H groups in total. The molecule has 102 valence electrons. The quantitative estimate of drug-likeness (QED) is 0.812. The van der Waals surface area contributed by atoms with E-state index in [2.05, 4.69) is 34.7 Å². The monoisotopic (exact) mass is 270 g/mol. The van der Waals surface area contributed by atoms with Crippen molar-refractivity contribution in [1.29, 1.82) is 0 Å². The number of nitrogens with zero attached hydrogens (tertiary/aromatic N) is 1. The number of nitrogens with one attached hydrogen (secondary N) is 1. The number of aliphatic hydroxyl groups excluding tert-OH is 1. The SMILES string of the molecule is C[C@H](NCC(O)CN1CCOCC1)c1cccs1. The molecule has 4 nitrogen and oxygen atoms in total. The average Bonchev–Trinajstić information content (AvgIpc) is 2.91. The molecule has 2 rings (SSSR count). The fourth-order valence-corrected chi connectivity index (χ4v) is 2.86. The van der Waals surface area contributed by atoms with Crippen molar-refractivity contribution in [3.63, 3.8) is 0 Å². The largest absolute Gasteiger partial charge is 0.390 e. The van der Waals surface area contributed by atoms with E-state index in [-0.39, 0.29) is 6.10 Å². The zero-order valence-corrected chi connectivity index (χ0v) is 11.7. The molecule has 1 aliphatic rings. The van der Waals surface area contributed by atoms with Gasteiger partial charge in [0, 0.05) is 37.1 Å². The third kappa shape index (κ3) is 4.33. The van der Waals surface area contributed by atoms with Crippen LogP contribution in [0.2, 0.25) is 0 Å². The molecule has 1 fully saturated rings. The number of ether oxygens (including phenoxy) is 1. The molecule has 0 bridgehead atoms. The first-order chi connectivity index (χ1) is 8.75. The van der Waals surface area contributed by atoms with Gasteiger partial charge in [-0.1, -0.05) is 6.07 Å². The van der Waals surface area contributed by atoms with Gasteiger partial charge in [-0.25, -0.2) is 0 Å². The highest BCUT2D eigenvalue weighted by Gasteiger charge is 2.15. The van der Waals surface area contributed by atoms with Crippen LogP contribution in [-0.4, -0.2) is 55.5 Å². The van der Waals surface area contributed by atoms with Crippen molar-refractivity contribution in [1.82, 2.24) is 10.2 Å². The maximum atomic E-state index is 10.0. The molecule has 0 radical (unpaired) electrons. The molecular weight excluding hydrogens is 248 g/mol. The summed E-state index contributed by atoms with van der Waals surface area (Å²) in [5, 5.41) is 15.5. The molecule has 1 aromatic rings. The molecule has 2 heterocycles. The molecule has 0 spiro atoms. The van der Waals surface area contributed by atoms with Gasteiger partial charge in [-0.3, -0.25) is 4.90 Å². The highest BCUT2D eigenvalue weighted by Crippen LogP contribution is 2.17. The topological polar surface area (TPSA) is 44.7 Å². The molecule has 0 amide bonds. The van der Waals surface area contributed by atoms with Crippen LogP contribution in [0.15, 0.2) is 17.5 Å². The second-order valence-electron chi connectivity index (χ2n) is 4.71. The first kappa shape index (κ1) is 14.0.